The SMILES string of the molecule is C[C@@H](O)c1nc2cnc(Cl)cc2n1C1CCC(CC#N)CC1. The van der Waals surface area contributed by atoms with Crippen molar-refractivity contribution in [1.82, 2.24) is 14.5 Å². The first-order valence-corrected chi connectivity index (χ1v) is 8.06. The van der Waals surface area contributed by atoms with Gasteiger partial charge in [0.2, 0.25) is 0 Å². The molecular formula is C16H19ClN4O. The third-order valence-electron chi connectivity index (χ3n) is 4.50. The van der Waals surface area contributed by atoms with Crippen LogP contribution in [0.15, 0.2) is 12.3 Å². The summed E-state index contributed by atoms with van der Waals surface area (Å²) < 4.78 is 2.12. The third kappa shape index (κ3) is 2.81. The molecule has 0 radical (unpaired) electrons. The second kappa shape index (κ2) is 6.23. The van der Waals surface area contributed by atoms with Gasteiger partial charge in [-0.25, -0.2) is 9.97 Å². The minimum Gasteiger partial charge on any atom is -0.385 e. The first-order valence-electron chi connectivity index (χ1n) is 7.68. The summed E-state index contributed by atoms with van der Waals surface area (Å²) in [4.78, 5) is 8.60. The summed E-state index contributed by atoms with van der Waals surface area (Å²) in [7, 11) is 0. The summed E-state index contributed by atoms with van der Waals surface area (Å²) in [5.74, 6) is 1.17. The molecule has 2 heterocycles. The predicted molar refractivity (Wildman–Crippen MR) is 84.4 cm³/mol. The number of aliphatic hydroxyl groups excluding tert-OH is 1. The van der Waals surface area contributed by atoms with E-state index in [2.05, 4.69) is 20.6 Å². The average molecular weight is 319 g/mol. The van der Waals surface area contributed by atoms with E-state index >= 15 is 0 Å². The Labute approximate surface area is 134 Å². The largest absolute Gasteiger partial charge is 0.385 e. The fourth-order valence-electron chi connectivity index (χ4n) is 3.41. The highest BCUT2D eigenvalue weighted by molar-refractivity contribution is 6.29. The van der Waals surface area contributed by atoms with Gasteiger partial charge in [0.15, 0.2) is 0 Å². The summed E-state index contributed by atoms with van der Waals surface area (Å²) in [6.07, 6.45) is 5.72. The summed E-state index contributed by atoms with van der Waals surface area (Å²) >= 11 is 6.03. The number of hydrogen-bond donors (Lipinski definition) is 1. The van der Waals surface area contributed by atoms with Gasteiger partial charge in [0.25, 0.3) is 0 Å². The van der Waals surface area contributed by atoms with Gasteiger partial charge in [0, 0.05) is 18.5 Å². The summed E-state index contributed by atoms with van der Waals surface area (Å²) in [5, 5.41) is 19.3. The number of nitriles is 1. The van der Waals surface area contributed by atoms with Crippen molar-refractivity contribution in [3.8, 4) is 6.07 Å². The van der Waals surface area contributed by atoms with E-state index in [9.17, 15) is 5.11 Å². The summed E-state index contributed by atoms with van der Waals surface area (Å²) in [6.45, 7) is 1.73. The molecule has 1 saturated carbocycles. The summed E-state index contributed by atoms with van der Waals surface area (Å²) in [5.41, 5.74) is 1.69. The van der Waals surface area contributed by atoms with Gasteiger partial charge >= 0.3 is 0 Å². The molecule has 1 aliphatic rings. The van der Waals surface area contributed by atoms with Crippen molar-refractivity contribution in [2.45, 2.75) is 51.2 Å². The van der Waals surface area contributed by atoms with E-state index < -0.39 is 6.10 Å². The van der Waals surface area contributed by atoms with Crippen LogP contribution in [0, 0.1) is 17.2 Å². The molecule has 22 heavy (non-hydrogen) atoms. The molecule has 2 aromatic heterocycles. The topological polar surface area (TPSA) is 74.7 Å². The van der Waals surface area contributed by atoms with Crippen molar-refractivity contribution < 1.29 is 5.11 Å². The number of pyridine rings is 1. The quantitative estimate of drug-likeness (QED) is 0.874. The molecule has 0 aliphatic heterocycles. The van der Waals surface area contributed by atoms with Crippen LogP contribution < -0.4 is 0 Å². The lowest BCUT2D eigenvalue weighted by Crippen LogP contribution is -2.20. The number of aromatic nitrogens is 3. The number of nitrogens with zero attached hydrogens (tertiary/aromatic N) is 4. The molecule has 1 N–H and O–H groups in total. The Kier molecular flexibility index (Phi) is 4.32. The van der Waals surface area contributed by atoms with Crippen molar-refractivity contribution in [3.05, 3.63) is 23.2 Å². The standard InChI is InChI=1S/C16H19ClN4O/c1-10(22)16-20-13-9-19-15(17)8-14(13)21(16)12-4-2-11(3-5-12)6-7-18/h8-12,22H,2-6H2,1H3/t10-,11?,12?/m1/s1. The monoisotopic (exact) mass is 318 g/mol. The van der Waals surface area contributed by atoms with Crippen molar-refractivity contribution in [1.29, 1.82) is 5.26 Å². The number of fused-ring (bicyclic) bond motifs is 1. The lowest BCUT2D eigenvalue weighted by atomic mass is 9.84. The molecule has 116 valence electrons. The molecule has 3 rings (SSSR count). The highest BCUT2D eigenvalue weighted by atomic mass is 35.5. The van der Waals surface area contributed by atoms with Crippen molar-refractivity contribution in [2.24, 2.45) is 5.92 Å². The van der Waals surface area contributed by atoms with Crippen molar-refractivity contribution in [3.63, 3.8) is 0 Å². The van der Waals surface area contributed by atoms with Gasteiger partial charge in [-0.1, -0.05) is 11.6 Å². The van der Waals surface area contributed by atoms with E-state index in [0.29, 0.717) is 29.4 Å². The zero-order valence-electron chi connectivity index (χ0n) is 12.5. The molecule has 5 nitrogen and oxygen atoms in total. The molecule has 2 aromatic rings. The zero-order valence-corrected chi connectivity index (χ0v) is 13.3. The second-order valence-corrected chi connectivity index (χ2v) is 6.44. The van der Waals surface area contributed by atoms with Crippen LogP contribution in [-0.2, 0) is 0 Å². The Morgan fingerprint density at radius 3 is 2.82 bits per heavy atom. The Hall–Kier alpha value is -1.64. The minimum atomic E-state index is -0.636. The molecule has 0 spiro atoms. The van der Waals surface area contributed by atoms with Crippen LogP contribution in [0.4, 0.5) is 0 Å². The first kappa shape index (κ1) is 15.3. The normalized spacial score (nSPS) is 23.4. The first-order chi connectivity index (χ1) is 10.6. The van der Waals surface area contributed by atoms with E-state index in [1.165, 1.54) is 0 Å². The maximum Gasteiger partial charge on any atom is 0.138 e. The lowest BCUT2D eigenvalue weighted by Gasteiger charge is -2.30. The molecule has 0 unspecified atom stereocenters. The number of imidazole rings is 1. The van der Waals surface area contributed by atoms with Crippen molar-refractivity contribution >= 4 is 22.6 Å². The smallest absolute Gasteiger partial charge is 0.138 e. The van der Waals surface area contributed by atoms with Gasteiger partial charge in [0.05, 0.1) is 17.8 Å². The number of rotatable bonds is 3. The molecule has 6 heteroatoms. The highest BCUT2D eigenvalue weighted by Gasteiger charge is 2.27. The van der Waals surface area contributed by atoms with E-state index in [1.54, 1.807) is 13.1 Å². The molecule has 0 amide bonds. The van der Waals surface area contributed by atoms with Gasteiger partial charge in [0.1, 0.15) is 22.6 Å². The van der Waals surface area contributed by atoms with Gasteiger partial charge in [-0.15, -0.1) is 0 Å². The molecule has 0 saturated heterocycles. The number of halogens is 1. The fourth-order valence-corrected chi connectivity index (χ4v) is 3.56. The molecule has 1 atom stereocenters. The van der Waals surface area contributed by atoms with Crippen LogP contribution in [0.2, 0.25) is 5.15 Å². The van der Waals surface area contributed by atoms with E-state index in [4.69, 9.17) is 16.9 Å². The van der Waals surface area contributed by atoms with E-state index in [0.717, 1.165) is 36.7 Å². The van der Waals surface area contributed by atoms with Crippen LogP contribution in [0.3, 0.4) is 0 Å². The minimum absolute atomic E-state index is 0.294. The molecule has 1 aliphatic carbocycles. The van der Waals surface area contributed by atoms with Crippen LogP contribution in [0.25, 0.3) is 11.0 Å². The van der Waals surface area contributed by atoms with Gasteiger partial charge < -0.3 is 9.67 Å². The Morgan fingerprint density at radius 2 is 2.18 bits per heavy atom. The van der Waals surface area contributed by atoms with E-state index in [1.807, 2.05) is 6.07 Å². The van der Waals surface area contributed by atoms with Crippen LogP contribution >= 0.6 is 11.6 Å². The molecule has 0 bridgehead atoms. The van der Waals surface area contributed by atoms with Crippen LogP contribution in [0.1, 0.15) is 57.0 Å². The highest BCUT2D eigenvalue weighted by Crippen LogP contribution is 2.37. The van der Waals surface area contributed by atoms with Crippen LogP contribution in [-0.4, -0.2) is 19.6 Å². The molecule has 0 aromatic carbocycles. The maximum absolute atomic E-state index is 10.1. The third-order valence-corrected chi connectivity index (χ3v) is 4.71. The lowest BCUT2D eigenvalue weighted by molar-refractivity contribution is 0.175. The van der Waals surface area contributed by atoms with Crippen molar-refractivity contribution in [2.75, 3.05) is 0 Å². The predicted octanol–water partition coefficient (Wildman–Crippen LogP) is 3.78. The fraction of sp³-hybridized carbons (Fsp3) is 0.562. The second-order valence-electron chi connectivity index (χ2n) is 6.05. The Balaban J connectivity index is 1.97. The van der Waals surface area contributed by atoms with Gasteiger partial charge in [-0.2, -0.15) is 5.26 Å². The Bertz CT molecular complexity index is 711. The summed E-state index contributed by atoms with van der Waals surface area (Å²) in [6, 6.07) is 4.38. The maximum atomic E-state index is 10.1. The van der Waals surface area contributed by atoms with Crippen LogP contribution in [0.5, 0.6) is 0 Å². The van der Waals surface area contributed by atoms with Gasteiger partial charge in [-0.3, -0.25) is 0 Å². The molecular weight excluding hydrogens is 300 g/mol. The Morgan fingerprint density at radius 1 is 1.45 bits per heavy atom. The molecule has 1 fully saturated rings. The van der Waals surface area contributed by atoms with E-state index in [-0.39, 0.29) is 0 Å². The number of hydrogen-bond acceptors (Lipinski definition) is 4. The van der Waals surface area contributed by atoms with Gasteiger partial charge in [-0.05, 0) is 38.5 Å². The zero-order chi connectivity index (χ0) is 15.7. The number of aliphatic hydroxyl groups is 1. The average Bonchev–Trinajstić information content (AvgIpc) is 2.87.